The molecule has 0 spiro atoms. The summed E-state index contributed by atoms with van der Waals surface area (Å²) in [7, 11) is -3.57. The normalized spacial score (nSPS) is 17.9. The number of nitrogens with one attached hydrogen (secondary N) is 1. The number of anilines is 1. The van der Waals surface area contributed by atoms with Gasteiger partial charge in [-0.05, 0) is 43.0 Å². The minimum absolute atomic E-state index is 0.0787. The molecule has 1 aliphatic heterocycles. The summed E-state index contributed by atoms with van der Waals surface area (Å²) in [6, 6.07) is 7.18. The fraction of sp³-hybridized carbons (Fsp3) is 0.333. The van der Waals surface area contributed by atoms with Crippen LogP contribution in [0.4, 0.5) is 6.01 Å². The molecule has 3 heterocycles. The summed E-state index contributed by atoms with van der Waals surface area (Å²) in [5.41, 5.74) is 0.260. The fourth-order valence-electron chi connectivity index (χ4n) is 3.16. The van der Waals surface area contributed by atoms with Gasteiger partial charge in [0.1, 0.15) is 0 Å². The molecule has 0 radical (unpaired) electrons. The summed E-state index contributed by atoms with van der Waals surface area (Å²) < 4.78 is 37.3. The maximum atomic E-state index is 12.8. The van der Waals surface area contributed by atoms with Crippen LogP contribution < -0.4 is 5.32 Å². The van der Waals surface area contributed by atoms with Crippen LogP contribution >= 0.6 is 0 Å². The van der Waals surface area contributed by atoms with Crippen molar-refractivity contribution in [1.82, 2.24) is 19.7 Å². The fourth-order valence-corrected chi connectivity index (χ4v) is 4.76. The van der Waals surface area contributed by atoms with Crippen molar-refractivity contribution in [2.45, 2.75) is 24.7 Å². The Morgan fingerprint density at radius 3 is 2.69 bits per heavy atom. The van der Waals surface area contributed by atoms with E-state index in [-0.39, 0.29) is 28.1 Å². The molecule has 1 saturated heterocycles. The zero-order chi connectivity index (χ0) is 20.4. The van der Waals surface area contributed by atoms with Crippen LogP contribution in [0.5, 0.6) is 0 Å². The van der Waals surface area contributed by atoms with E-state index >= 15 is 0 Å². The van der Waals surface area contributed by atoms with Gasteiger partial charge in [0, 0.05) is 24.7 Å². The van der Waals surface area contributed by atoms with Gasteiger partial charge in [0.05, 0.1) is 11.1 Å². The van der Waals surface area contributed by atoms with Crippen LogP contribution in [0.15, 0.2) is 50.4 Å². The minimum Gasteiger partial charge on any atom is -0.400 e. The van der Waals surface area contributed by atoms with Gasteiger partial charge >= 0.3 is 6.01 Å². The molecule has 0 bridgehead atoms. The van der Waals surface area contributed by atoms with E-state index in [9.17, 15) is 13.2 Å². The van der Waals surface area contributed by atoms with Gasteiger partial charge < -0.3 is 8.94 Å². The van der Waals surface area contributed by atoms with Gasteiger partial charge in [-0.15, -0.1) is 5.10 Å². The van der Waals surface area contributed by atoms with E-state index in [1.165, 1.54) is 34.8 Å². The Morgan fingerprint density at radius 2 is 2.00 bits per heavy atom. The number of sulfonamides is 1. The Labute approximate surface area is 166 Å². The molecule has 1 amide bonds. The largest absolute Gasteiger partial charge is 0.400 e. The second-order valence-electron chi connectivity index (χ2n) is 6.88. The van der Waals surface area contributed by atoms with E-state index in [4.69, 9.17) is 8.94 Å². The second kappa shape index (κ2) is 7.76. The van der Waals surface area contributed by atoms with Gasteiger partial charge in [-0.3, -0.25) is 10.1 Å². The number of hydrogen-bond acceptors (Lipinski definition) is 8. The SMILES string of the molecule is C[C@@H]1CCCN(S(=O)(=O)c2ccc(C(=O)Nc3nnc(-c4ccno4)o3)cc2)C1. The Bertz CT molecular complexity index is 1090. The van der Waals surface area contributed by atoms with Crippen molar-refractivity contribution in [1.29, 1.82) is 0 Å². The molecular formula is C18H19N5O5S. The van der Waals surface area contributed by atoms with E-state index in [0.29, 0.717) is 19.0 Å². The Hall–Kier alpha value is -3.05. The lowest BCUT2D eigenvalue weighted by Crippen LogP contribution is -2.39. The van der Waals surface area contributed by atoms with Crippen molar-refractivity contribution in [3.8, 4) is 11.7 Å². The maximum Gasteiger partial charge on any atom is 0.322 e. The molecule has 152 valence electrons. The van der Waals surface area contributed by atoms with Gasteiger partial charge in [-0.25, -0.2) is 8.42 Å². The molecule has 1 aromatic carbocycles. The molecule has 1 N–H and O–H groups in total. The molecule has 0 saturated carbocycles. The third kappa shape index (κ3) is 4.05. The van der Waals surface area contributed by atoms with Crippen LogP contribution in [0.3, 0.4) is 0 Å². The summed E-state index contributed by atoms with van der Waals surface area (Å²) in [4.78, 5) is 12.5. The summed E-state index contributed by atoms with van der Waals surface area (Å²) in [6.07, 6.45) is 3.30. The van der Waals surface area contributed by atoms with Gasteiger partial charge in [0.25, 0.3) is 11.8 Å². The molecule has 11 heteroatoms. The second-order valence-corrected chi connectivity index (χ2v) is 8.82. The smallest absolute Gasteiger partial charge is 0.322 e. The van der Waals surface area contributed by atoms with Crippen LogP contribution in [-0.2, 0) is 10.0 Å². The van der Waals surface area contributed by atoms with Gasteiger partial charge in [0.15, 0.2) is 0 Å². The molecule has 29 heavy (non-hydrogen) atoms. The van der Waals surface area contributed by atoms with E-state index in [1.54, 1.807) is 6.07 Å². The number of carbonyl (C=O) groups is 1. The maximum absolute atomic E-state index is 12.8. The van der Waals surface area contributed by atoms with E-state index in [1.807, 2.05) is 6.92 Å². The first-order valence-corrected chi connectivity index (χ1v) is 10.5. The number of nitrogens with zero attached hydrogens (tertiary/aromatic N) is 4. The third-order valence-electron chi connectivity index (χ3n) is 4.67. The summed E-state index contributed by atoms with van der Waals surface area (Å²) >= 11 is 0. The van der Waals surface area contributed by atoms with Gasteiger partial charge in [-0.1, -0.05) is 17.2 Å². The number of piperidine rings is 1. The number of hydrogen-bond donors (Lipinski definition) is 1. The molecule has 10 nitrogen and oxygen atoms in total. The monoisotopic (exact) mass is 417 g/mol. The number of carbonyl (C=O) groups excluding carboxylic acids is 1. The van der Waals surface area contributed by atoms with Gasteiger partial charge in [-0.2, -0.15) is 4.31 Å². The predicted molar refractivity (Wildman–Crippen MR) is 101 cm³/mol. The molecule has 1 fully saturated rings. The van der Waals surface area contributed by atoms with Crippen molar-refractivity contribution < 1.29 is 22.2 Å². The van der Waals surface area contributed by atoms with Crippen molar-refractivity contribution >= 4 is 21.9 Å². The highest BCUT2D eigenvalue weighted by Gasteiger charge is 2.28. The predicted octanol–water partition coefficient (Wildman–Crippen LogP) is 2.40. The van der Waals surface area contributed by atoms with Gasteiger partial charge in [0.2, 0.25) is 15.8 Å². The molecular weight excluding hydrogens is 398 g/mol. The summed E-state index contributed by atoms with van der Waals surface area (Å²) in [6.45, 7) is 3.06. The van der Waals surface area contributed by atoms with Crippen LogP contribution in [0, 0.1) is 5.92 Å². The highest BCUT2D eigenvalue weighted by Crippen LogP contribution is 2.24. The Morgan fingerprint density at radius 1 is 1.21 bits per heavy atom. The number of benzene rings is 1. The van der Waals surface area contributed by atoms with Crippen molar-refractivity contribution in [2.24, 2.45) is 5.92 Å². The summed E-state index contributed by atoms with van der Waals surface area (Å²) in [5, 5.41) is 13.5. The quantitative estimate of drug-likeness (QED) is 0.669. The van der Waals surface area contributed by atoms with Crippen LogP contribution in [0.2, 0.25) is 0 Å². The lowest BCUT2D eigenvalue weighted by Gasteiger charge is -2.30. The number of amides is 1. The van der Waals surface area contributed by atoms with Crippen molar-refractivity contribution in [2.75, 3.05) is 18.4 Å². The lowest BCUT2D eigenvalue weighted by atomic mass is 10.0. The van der Waals surface area contributed by atoms with Crippen molar-refractivity contribution in [3.63, 3.8) is 0 Å². The first kappa shape index (κ1) is 19.3. The molecule has 0 aliphatic carbocycles. The first-order valence-electron chi connectivity index (χ1n) is 9.09. The zero-order valence-electron chi connectivity index (χ0n) is 15.6. The average molecular weight is 417 g/mol. The Kier molecular flexibility index (Phi) is 5.16. The number of aromatic nitrogens is 3. The zero-order valence-corrected chi connectivity index (χ0v) is 16.4. The number of rotatable bonds is 5. The molecule has 0 unspecified atom stereocenters. The third-order valence-corrected chi connectivity index (χ3v) is 6.55. The molecule has 3 aromatic rings. The average Bonchev–Trinajstić information content (AvgIpc) is 3.40. The van der Waals surface area contributed by atoms with E-state index in [2.05, 4.69) is 20.7 Å². The van der Waals surface area contributed by atoms with E-state index in [0.717, 1.165) is 12.8 Å². The molecule has 4 rings (SSSR count). The first-order chi connectivity index (χ1) is 13.9. The highest BCUT2D eigenvalue weighted by molar-refractivity contribution is 7.89. The van der Waals surface area contributed by atoms with E-state index < -0.39 is 15.9 Å². The topological polar surface area (TPSA) is 131 Å². The minimum atomic E-state index is -3.57. The summed E-state index contributed by atoms with van der Waals surface area (Å²) in [5.74, 6) is 0.183. The standard InChI is InChI=1S/C18H19N5O5S/c1-12-3-2-10-23(11-12)29(25,26)14-6-4-13(5-7-14)16(24)20-18-22-21-17(27-18)15-8-9-19-28-15/h4-9,12H,2-3,10-11H2,1H3,(H,20,22,24)/t12-/m1/s1. The lowest BCUT2D eigenvalue weighted by molar-refractivity contribution is 0.102. The van der Waals surface area contributed by atoms with Crippen LogP contribution in [0.25, 0.3) is 11.7 Å². The highest BCUT2D eigenvalue weighted by atomic mass is 32.2. The van der Waals surface area contributed by atoms with Crippen LogP contribution in [0.1, 0.15) is 30.1 Å². The molecule has 2 aromatic heterocycles. The molecule has 1 aliphatic rings. The van der Waals surface area contributed by atoms with Crippen LogP contribution in [-0.4, -0.2) is 47.1 Å². The Balaban J connectivity index is 1.45. The van der Waals surface area contributed by atoms with Crippen molar-refractivity contribution in [3.05, 3.63) is 42.1 Å². The molecule has 1 atom stereocenters.